The number of fused-ring (bicyclic) bond motifs is 1. The number of benzene rings is 2. The molecule has 3 heterocycles. The zero-order chi connectivity index (χ0) is 25.4. The minimum absolute atomic E-state index is 0.387. The maximum absolute atomic E-state index is 6.60. The molecule has 1 saturated heterocycles. The maximum Gasteiger partial charge on any atom is 0.225 e. The van der Waals surface area contributed by atoms with Crippen LogP contribution in [0.25, 0.3) is 22.0 Å². The highest BCUT2D eigenvalue weighted by molar-refractivity contribution is 6.41. The number of aromatic amines is 1. The number of aromatic nitrogens is 4. The quantitative estimate of drug-likeness (QED) is 0.311. The van der Waals surface area contributed by atoms with Gasteiger partial charge in [-0.15, -0.1) is 0 Å². The highest BCUT2D eigenvalue weighted by Crippen LogP contribution is 2.46. The first kappa shape index (κ1) is 24.4. The summed E-state index contributed by atoms with van der Waals surface area (Å²) in [5.74, 6) is 2.35. The van der Waals surface area contributed by atoms with Gasteiger partial charge in [0.1, 0.15) is 11.5 Å². The molecule has 9 nitrogen and oxygen atoms in total. The molecule has 2 aromatic carbocycles. The fraction of sp³-hybridized carbons (Fsp3) is 0.320. The summed E-state index contributed by atoms with van der Waals surface area (Å²) in [7, 11) is 3.10. The Morgan fingerprint density at radius 1 is 0.972 bits per heavy atom. The lowest BCUT2D eigenvalue weighted by atomic mass is 10.0. The molecule has 11 heteroatoms. The number of rotatable bonds is 6. The van der Waals surface area contributed by atoms with Gasteiger partial charge >= 0.3 is 0 Å². The lowest BCUT2D eigenvalue weighted by molar-refractivity contribution is 0.395. The number of methoxy groups -OCH3 is 2. The number of H-pyrrole nitrogens is 1. The van der Waals surface area contributed by atoms with Gasteiger partial charge < -0.3 is 25.0 Å². The lowest BCUT2D eigenvalue weighted by Gasteiger charge is -2.36. The SMILES string of the molecule is COc1cc(OC)c(Cl)c(-c2ccc3c(Nc4cnc(N5C[C@@H](C)N[C@@H](C)C5)nc4)n[nH]c3c2)c1Cl. The number of hydrogen-bond donors (Lipinski definition) is 3. The normalized spacial score (nSPS) is 17.9. The smallest absolute Gasteiger partial charge is 0.225 e. The molecule has 0 radical (unpaired) electrons. The summed E-state index contributed by atoms with van der Waals surface area (Å²) in [5, 5.41) is 16.1. The first-order valence-electron chi connectivity index (χ1n) is 11.6. The first-order chi connectivity index (χ1) is 17.4. The zero-order valence-electron chi connectivity index (χ0n) is 20.4. The van der Waals surface area contributed by atoms with Gasteiger partial charge in [-0.1, -0.05) is 29.3 Å². The third-order valence-corrected chi connectivity index (χ3v) is 6.92. The second kappa shape index (κ2) is 10.0. The van der Waals surface area contributed by atoms with Crippen molar-refractivity contribution in [3.8, 4) is 22.6 Å². The van der Waals surface area contributed by atoms with Crippen LogP contribution in [0.15, 0.2) is 36.7 Å². The van der Waals surface area contributed by atoms with E-state index in [4.69, 9.17) is 32.7 Å². The Balaban J connectivity index is 1.40. The zero-order valence-corrected chi connectivity index (χ0v) is 21.9. The molecule has 0 bridgehead atoms. The van der Waals surface area contributed by atoms with Gasteiger partial charge in [-0.05, 0) is 31.5 Å². The van der Waals surface area contributed by atoms with E-state index in [0.29, 0.717) is 45.0 Å². The molecule has 5 rings (SSSR count). The Bertz CT molecular complexity index is 1360. The van der Waals surface area contributed by atoms with Gasteiger partial charge in [0, 0.05) is 42.2 Å². The van der Waals surface area contributed by atoms with E-state index >= 15 is 0 Å². The number of nitrogens with one attached hydrogen (secondary N) is 3. The molecule has 1 aliphatic heterocycles. The molecule has 3 N–H and O–H groups in total. The van der Waals surface area contributed by atoms with E-state index in [1.165, 1.54) is 0 Å². The number of hydrogen-bond acceptors (Lipinski definition) is 8. The van der Waals surface area contributed by atoms with E-state index in [9.17, 15) is 0 Å². The maximum atomic E-state index is 6.60. The standard InChI is InChI=1S/C25H27Cl2N7O2/c1-13-11-34(12-14(2)30-13)25-28-9-16(10-29-25)31-24-17-6-5-15(7-18(17)32-33-24)21-22(26)19(35-3)8-20(36-4)23(21)27/h5-10,13-14,30H,11-12H2,1-4H3,(H2,31,32,33)/t13-,14+. The Hall–Kier alpha value is -3.27. The number of anilines is 3. The highest BCUT2D eigenvalue weighted by atomic mass is 35.5. The van der Waals surface area contributed by atoms with Gasteiger partial charge in [-0.25, -0.2) is 9.97 Å². The molecule has 1 fully saturated rings. The van der Waals surface area contributed by atoms with Gasteiger partial charge in [-0.3, -0.25) is 5.10 Å². The molecule has 0 saturated carbocycles. The Kier molecular flexibility index (Phi) is 6.79. The van der Waals surface area contributed by atoms with Crippen LogP contribution in [0, 0.1) is 0 Å². The molecule has 2 atom stereocenters. The Morgan fingerprint density at radius 3 is 2.22 bits per heavy atom. The van der Waals surface area contributed by atoms with E-state index in [-0.39, 0.29) is 0 Å². The van der Waals surface area contributed by atoms with Gasteiger partial charge in [0.15, 0.2) is 5.82 Å². The fourth-order valence-corrected chi connectivity index (χ4v) is 5.30. The molecule has 0 amide bonds. The average Bonchev–Trinajstić information content (AvgIpc) is 3.26. The summed E-state index contributed by atoms with van der Waals surface area (Å²) in [4.78, 5) is 11.3. The summed E-state index contributed by atoms with van der Waals surface area (Å²) in [5.41, 5.74) is 2.99. The largest absolute Gasteiger partial charge is 0.495 e. The van der Waals surface area contributed by atoms with Gasteiger partial charge in [0.05, 0.1) is 47.9 Å². The third kappa shape index (κ3) is 4.61. The van der Waals surface area contributed by atoms with Crippen molar-refractivity contribution in [2.24, 2.45) is 0 Å². The fourth-order valence-electron chi connectivity index (χ4n) is 4.59. The summed E-state index contributed by atoms with van der Waals surface area (Å²) in [6, 6.07) is 8.26. The molecule has 0 aliphatic carbocycles. The van der Waals surface area contributed by atoms with Gasteiger partial charge in [0.2, 0.25) is 5.95 Å². The molecule has 36 heavy (non-hydrogen) atoms. The topological polar surface area (TPSA) is 100 Å². The summed E-state index contributed by atoms with van der Waals surface area (Å²) >= 11 is 13.2. The van der Waals surface area contributed by atoms with Crippen LogP contribution < -0.4 is 25.0 Å². The highest BCUT2D eigenvalue weighted by Gasteiger charge is 2.23. The first-order valence-corrected chi connectivity index (χ1v) is 12.3. The number of piperazine rings is 1. The van der Waals surface area contributed by atoms with Crippen LogP contribution in [0.5, 0.6) is 11.5 Å². The van der Waals surface area contributed by atoms with Crippen molar-refractivity contribution in [3.05, 3.63) is 46.7 Å². The molecule has 1 aliphatic rings. The third-order valence-electron chi connectivity index (χ3n) is 6.17. The minimum Gasteiger partial charge on any atom is -0.495 e. The van der Waals surface area contributed by atoms with Crippen LogP contribution in [-0.4, -0.2) is 59.6 Å². The average molecular weight is 528 g/mol. The number of halogens is 2. The molecule has 0 unspecified atom stereocenters. The van der Waals surface area contributed by atoms with Gasteiger partial charge in [-0.2, -0.15) is 5.10 Å². The van der Waals surface area contributed by atoms with E-state index in [2.05, 4.69) is 49.5 Å². The van der Waals surface area contributed by atoms with Crippen molar-refractivity contribution in [2.45, 2.75) is 25.9 Å². The van der Waals surface area contributed by atoms with Crippen molar-refractivity contribution < 1.29 is 9.47 Å². The molecular formula is C25H27Cl2N7O2. The summed E-state index contributed by atoms with van der Waals surface area (Å²) < 4.78 is 10.8. The predicted octanol–water partition coefficient (Wildman–Crippen LogP) is 5.27. The summed E-state index contributed by atoms with van der Waals surface area (Å²) in [6.07, 6.45) is 3.55. The monoisotopic (exact) mass is 527 g/mol. The molecule has 4 aromatic rings. The van der Waals surface area contributed by atoms with Crippen molar-refractivity contribution in [1.29, 1.82) is 0 Å². The predicted molar refractivity (Wildman–Crippen MR) is 144 cm³/mol. The van der Waals surface area contributed by atoms with Crippen molar-refractivity contribution in [2.75, 3.05) is 37.5 Å². The van der Waals surface area contributed by atoms with E-state index < -0.39 is 0 Å². The van der Waals surface area contributed by atoms with Crippen LogP contribution in [0.2, 0.25) is 10.0 Å². The molecule has 0 spiro atoms. The minimum atomic E-state index is 0.387. The number of ether oxygens (including phenoxy) is 2. The van der Waals surface area contributed by atoms with Crippen molar-refractivity contribution in [1.82, 2.24) is 25.5 Å². The van der Waals surface area contributed by atoms with E-state index in [1.807, 2.05) is 18.2 Å². The second-order valence-corrected chi connectivity index (χ2v) is 9.64. The van der Waals surface area contributed by atoms with Crippen molar-refractivity contribution in [3.63, 3.8) is 0 Å². The van der Waals surface area contributed by atoms with Crippen LogP contribution in [0.4, 0.5) is 17.5 Å². The Morgan fingerprint density at radius 2 is 1.61 bits per heavy atom. The molecular weight excluding hydrogens is 501 g/mol. The summed E-state index contributed by atoms with van der Waals surface area (Å²) in [6.45, 7) is 6.08. The van der Waals surface area contributed by atoms with Gasteiger partial charge in [0.25, 0.3) is 0 Å². The lowest BCUT2D eigenvalue weighted by Crippen LogP contribution is -2.54. The van der Waals surface area contributed by atoms with E-state index in [1.54, 1.807) is 32.7 Å². The van der Waals surface area contributed by atoms with Crippen molar-refractivity contribution >= 4 is 51.6 Å². The second-order valence-electron chi connectivity index (χ2n) is 8.89. The number of nitrogens with zero attached hydrogens (tertiary/aromatic N) is 4. The Labute approximate surface area is 219 Å². The van der Waals surface area contributed by atoms with Crippen LogP contribution >= 0.6 is 23.2 Å². The molecule has 188 valence electrons. The van der Waals surface area contributed by atoms with Crippen LogP contribution in [0.3, 0.4) is 0 Å². The van der Waals surface area contributed by atoms with E-state index in [0.717, 1.165) is 41.2 Å². The van der Waals surface area contributed by atoms with Crippen LogP contribution in [0.1, 0.15) is 13.8 Å². The van der Waals surface area contributed by atoms with Crippen LogP contribution in [-0.2, 0) is 0 Å². The molecule has 2 aromatic heterocycles.